The number of aromatic nitrogens is 1. The van der Waals surface area contributed by atoms with Crippen molar-refractivity contribution in [3.63, 3.8) is 0 Å². The Morgan fingerprint density at radius 2 is 1.92 bits per heavy atom. The monoisotopic (exact) mass is 340 g/mol. The zero-order chi connectivity index (χ0) is 16.6. The topological polar surface area (TPSA) is 72.2 Å². The van der Waals surface area contributed by atoms with E-state index in [1.807, 2.05) is 12.1 Å². The molecule has 0 radical (unpaired) electrons. The van der Waals surface area contributed by atoms with Gasteiger partial charge in [0.25, 0.3) is 10.0 Å². The Bertz CT molecular complexity index is 979. The van der Waals surface area contributed by atoms with Gasteiger partial charge < -0.3 is 4.42 Å². The lowest BCUT2D eigenvalue weighted by atomic mass is 10.1. The Morgan fingerprint density at radius 1 is 1.04 bits per heavy atom. The number of fused-ring (bicyclic) bond motifs is 1. The van der Waals surface area contributed by atoms with Gasteiger partial charge in [0.2, 0.25) is 0 Å². The summed E-state index contributed by atoms with van der Waals surface area (Å²) in [4.78, 5) is 4.18. The van der Waals surface area contributed by atoms with Gasteiger partial charge in [-0.05, 0) is 54.7 Å². The largest absolute Gasteiger partial charge is 0.444 e. The highest BCUT2D eigenvalue weighted by Gasteiger charge is 2.18. The highest BCUT2D eigenvalue weighted by molar-refractivity contribution is 7.92. The van der Waals surface area contributed by atoms with E-state index in [1.54, 1.807) is 36.5 Å². The molecule has 4 rings (SSSR count). The van der Waals surface area contributed by atoms with E-state index in [9.17, 15) is 8.42 Å². The van der Waals surface area contributed by atoms with E-state index in [1.165, 1.54) is 12.0 Å². The van der Waals surface area contributed by atoms with Crippen molar-refractivity contribution in [2.45, 2.75) is 24.2 Å². The number of benzene rings is 2. The van der Waals surface area contributed by atoms with Crippen LogP contribution in [0, 0.1) is 0 Å². The normalized spacial score (nSPS) is 13.7. The van der Waals surface area contributed by atoms with E-state index in [0.717, 1.165) is 30.4 Å². The van der Waals surface area contributed by atoms with Gasteiger partial charge in [-0.3, -0.25) is 4.72 Å². The zero-order valence-corrected chi connectivity index (χ0v) is 13.7. The van der Waals surface area contributed by atoms with Crippen LogP contribution in [0.3, 0.4) is 0 Å². The summed E-state index contributed by atoms with van der Waals surface area (Å²) in [6.07, 6.45) is 6.00. The molecular formula is C18H16N2O3S. The van der Waals surface area contributed by atoms with Gasteiger partial charge in [0.15, 0.2) is 12.2 Å². The summed E-state index contributed by atoms with van der Waals surface area (Å²) in [5, 5.41) is 0. The van der Waals surface area contributed by atoms with Crippen molar-refractivity contribution in [1.29, 1.82) is 0 Å². The van der Waals surface area contributed by atoms with Crippen molar-refractivity contribution in [1.82, 2.24) is 4.98 Å². The molecule has 0 atom stereocenters. The maximum atomic E-state index is 12.7. The minimum absolute atomic E-state index is 0.299. The molecule has 1 heterocycles. The molecule has 0 spiro atoms. The molecule has 0 amide bonds. The molecule has 0 fully saturated rings. The van der Waals surface area contributed by atoms with Crippen LogP contribution in [0.4, 0.5) is 5.69 Å². The first-order valence-electron chi connectivity index (χ1n) is 7.75. The van der Waals surface area contributed by atoms with E-state index >= 15 is 0 Å². The van der Waals surface area contributed by atoms with Crippen LogP contribution < -0.4 is 4.72 Å². The number of nitrogens with one attached hydrogen (secondary N) is 1. The number of anilines is 1. The fourth-order valence-corrected chi connectivity index (χ4v) is 4.12. The predicted octanol–water partition coefficient (Wildman–Crippen LogP) is 3.63. The average Bonchev–Trinajstić information content (AvgIpc) is 3.25. The number of hydrogen-bond acceptors (Lipinski definition) is 4. The fraction of sp³-hybridized carbons (Fsp3) is 0.167. The first-order chi connectivity index (χ1) is 11.6. The molecule has 5 nitrogen and oxygen atoms in total. The molecule has 1 aromatic heterocycles. The molecule has 0 saturated heterocycles. The number of hydrogen-bond donors (Lipinski definition) is 1. The Kier molecular flexibility index (Phi) is 3.61. The number of sulfonamides is 1. The van der Waals surface area contributed by atoms with Crippen LogP contribution in [0.2, 0.25) is 0 Å². The van der Waals surface area contributed by atoms with E-state index in [2.05, 4.69) is 9.71 Å². The molecule has 24 heavy (non-hydrogen) atoms. The standard InChI is InChI=1S/C18H16N2O3S/c21-24(22,17-8-7-13-3-1-4-14(13)10-17)20-16-6-2-5-15(9-16)18-11-19-12-23-18/h2,5-12,20H,1,3-4H2. The molecule has 2 aromatic carbocycles. The van der Waals surface area contributed by atoms with Crippen LogP contribution >= 0.6 is 0 Å². The lowest BCUT2D eigenvalue weighted by molar-refractivity contribution is 0.572. The molecule has 0 bridgehead atoms. The van der Waals surface area contributed by atoms with E-state index in [4.69, 9.17) is 4.42 Å². The molecular weight excluding hydrogens is 324 g/mol. The van der Waals surface area contributed by atoms with Crippen molar-refractivity contribution in [2.75, 3.05) is 4.72 Å². The van der Waals surface area contributed by atoms with Crippen molar-refractivity contribution < 1.29 is 12.8 Å². The van der Waals surface area contributed by atoms with Crippen LogP contribution in [0.15, 0.2) is 64.4 Å². The third-order valence-electron chi connectivity index (χ3n) is 4.21. The average molecular weight is 340 g/mol. The summed E-state index contributed by atoms with van der Waals surface area (Å²) in [6.45, 7) is 0. The van der Waals surface area contributed by atoms with Gasteiger partial charge in [0.05, 0.1) is 11.1 Å². The highest BCUT2D eigenvalue weighted by Crippen LogP contribution is 2.27. The molecule has 1 aliphatic rings. The van der Waals surface area contributed by atoms with Crippen LogP contribution in [-0.2, 0) is 22.9 Å². The second kappa shape index (κ2) is 5.79. The molecule has 1 aliphatic carbocycles. The summed E-state index contributed by atoms with van der Waals surface area (Å²) >= 11 is 0. The quantitative estimate of drug-likeness (QED) is 0.787. The molecule has 6 heteroatoms. The van der Waals surface area contributed by atoms with Crippen molar-refractivity contribution in [3.8, 4) is 11.3 Å². The first kappa shape index (κ1) is 15.0. The van der Waals surface area contributed by atoms with Gasteiger partial charge in [0.1, 0.15) is 0 Å². The zero-order valence-electron chi connectivity index (χ0n) is 12.9. The highest BCUT2D eigenvalue weighted by atomic mass is 32.2. The summed E-state index contributed by atoms with van der Waals surface area (Å²) < 4.78 is 33.2. The van der Waals surface area contributed by atoms with Gasteiger partial charge in [-0.15, -0.1) is 0 Å². The van der Waals surface area contributed by atoms with Gasteiger partial charge in [-0.1, -0.05) is 18.2 Å². The third kappa shape index (κ3) is 2.80. The molecule has 1 N–H and O–H groups in total. The maximum Gasteiger partial charge on any atom is 0.261 e. The molecule has 0 saturated carbocycles. The van der Waals surface area contributed by atoms with Gasteiger partial charge in [-0.2, -0.15) is 0 Å². The van der Waals surface area contributed by atoms with Gasteiger partial charge in [0, 0.05) is 11.3 Å². The molecule has 3 aromatic rings. The van der Waals surface area contributed by atoms with Crippen LogP contribution in [0.5, 0.6) is 0 Å². The lowest BCUT2D eigenvalue weighted by Crippen LogP contribution is -2.13. The van der Waals surface area contributed by atoms with Gasteiger partial charge >= 0.3 is 0 Å². The summed E-state index contributed by atoms with van der Waals surface area (Å²) in [6, 6.07) is 12.4. The lowest BCUT2D eigenvalue weighted by Gasteiger charge is -2.10. The Morgan fingerprint density at radius 3 is 2.75 bits per heavy atom. The molecule has 0 unspecified atom stereocenters. The second-order valence-corrected chi connectivity index (χ2v) is 7.52. The molecule has 122 valence electrons. The second-order valence-electron chi connectivity index (χ2n) is 5.84. The number of oxazole rings is 1. The van der Waals surface area contributed by atoms with Gasteiger partial charge in [-0.25, -0.2) is 13.4 Å². The Hall–Kier alpha value is -2.60. The predicted molar refractivity (Wildman–Crippen MR) is 91.2 cm³/mol. The van der Waals surface area contributed by atoms with Crippen LogP contribution in [0.1, 0.15) is 17.5 Å². The van der Waals surface area contributed by atoms with Crippen molar-refractivity contribution >= 4 is 15.7 Å². The minimum Gasteiger partial charge on any atom is -0.444 e. The van der Waals surface area contributed by atoms with E-state index in [0.29, 0.717) is 16.3 Å². The summed E-state index contributed by atoms with van der Waals surface area (Å²) in [7, 11) is -3.62. The fourth-order valence-electron chi connectivity index (χ4n) is 3.02. The number of nitrogens with zero attached hydrogens (tertiary/aromatic N) is 1. The number of rotatable bonds is 4. The first-order valence-corrected chi connectivity index (χ1v) is 9.24. The minimum atomic E-state index is -3.62. The van der Waals surface area contributed by atoms with Crippen molar-refractivity contribution in [2.24, 2.45) is 0 Å². The van der Waals surface area contributed by atoms with Crippen LogP contribution in [-0.4, -0.2) is 13.4 Å². The number of aryl methyl sites for hydroxylation is 2. The summed E-state index contributed by atoms with van der Waals surface area (Å²) in [5.41, 5.74) is 3.64. The Labute approximate surface area is 140 Å². The van der Waals surface area contributed by atoms with E-state index < -0.39 is 10.0 Å². The van der Waals surface area contributed by atoms with Crippen molar-refractivity contribution in [3.05, 3.63) is 66.2 Å². The summed E-state index contributed by atoms with van der Waals surface area (Å²) in [5.74, 6) is 0.591. The Balaban J connectivity index is 1.63. The maximum absolute atomic E-state index is 12.7. The van der Waals surface area contributed by atoms with Crippen LogP contribution in [0.25, 0.3) is 11.3 Å². The molecule has 0 aliphatic heterocycles. The SMILES string of the molecule is O=S(=O)(Nc1cccc(-c2cnco2)c1)c1ccc2c(c1)CCC2. The third-order valence-corrected chi connectivity index (χ3v) is 5.59. The smallest absolute Gasteiger partial charge is 0.261 e. The van der Waals surface area contributed by atoms with E-state index in [-0.39, 0.29) is 0 Å².